The molecule has 1 atom stereocenters. The maximum Gasteiger partial charge on any atom is 0.420 e. The molecular weight excluding hydrogens is 525 g/mol. The normalized spacial score (nSPS) is 15.5. The number of rotatable bonds is 8. The number of aliphatic hydroxyl groups is 1. The van der Waals surface area contributed by atoms with Crippen LogP contribution in [-0.4, -0.2) is 52.6 Å². The number of sulfone groups is 1. The Labute approximate surface area is 219 Å². The second-order valence-electron chi connectivity index (χ2n) is 9.82. The highest BCUT2D eigenvalue weighted by Crippen LogP contribution is 2.39. The highest BCUT2D eigenvalue weighted by molar-refractivity contribution is 7.95. The summed E-state index contributed by atoms with van der Waals surface area (Å²) in [6.07, 6.45) is 0.880. The van der Waals surface area contributed by atoms with E-state index in [4.69, 9.17) is 4.74 Å². The summed E-state index contributed by atoms with van der Waals surface area (Å²) < 4.78 is 71.8. The fourth-order valence-corrected chi connectivity index (χ4v) is 4.98. The van der Waals surface area contributed by atoms with Crippen LogP contribution in [0.2, 0.25) is 0 Å². The van der Waals surface area contributed by atoms with E-state index in [1.807, 2.05) is 0 Å². The number of nitrogens with zero attached hydrogens (tertiary/aromatic N) is 3. The first-order valence-corrected chi connectivity index (χ1v) is 13.6. The van der Waals surface area contributed by atoms with Crippen LogP contribution < -0.4 is 10.1 Å². The van der Waals surface area contributed by atoms with Crippen LogP contribution >= 0.6 is 0 Å². The summed E-state index contributed by atoms with van der Waals surface area (Å²) in [7, 11) is -3.34. The number of pyridine rings is 1. The summed E-state index contributed by atoms with van der Waals surface area (Å²) in [5, 5.41) is 17.0. The van der Waals surface area contributed by atoms with Gasteiger partial charge in [0.05, 0.1) is 30.1 Å². The van der Waals surface area contributed by atoms with Crippen molar-refractivity contribution < 1.29 is 36.2 Å². The highest BCUT2D eigenvalue weighted by atomic mass is 32.2. The topological polar surface area (TPSA) is 123 Å². The van der Waals surface area contributed by atoms with Crippen LogP contribution in [0.1, 0.15) is 62.2 Å². The fourth-order valence-electron chi connectivity index (χ4n) is 3.92. The number of aliphatic hydroxyl groups excluding tert-OH is 1. The number of ether oxygens (including phenoxy) is 1. The predicted octanol–water partition coefficient (Wildman–Crippen LogP) is 4.28. The Balaban J connectivity index is 1.95. The Hall–Kier alpha value is -3.19. The summed E-state index contributed by atoms with van der Waals surface area (Å²) in [5.74, 6) is -1.29. The van der Waals surface area contributed by atoms with Crippen molar-refractivity contribution in [2.75, 3.05) is 12.4 Å². The zero-order valence-corrected chi connectivity index (χ0v) is 22.6. The molecule has 2 aromatic rings. The molecule has 38 heavy (non-hydrogen) atoms. The van der Waals surface area contributed by atoms with Crippen molar-refractivity contribution in [2.45, 2.75) is 65.2 Å². The van der Waals surface area contributed by atoms with Crippen molar-refractivity contribution in [3.05, 3.63) is 57.9 Å². The summed E-state index contributed by atoms with van der Waals surface area (Å²) in [6, 6.07) is -0.0193. The van der Waals surface area contributed by atoms with E-state index in [1.165, 1.54) is 17.7 Å². The van der Waals surface area contributed by atoms with Gasteiger partial charge in [0.25, 0.3) is 5.91 Å². The van der Waals surface area contributed by atoms with Crippen LogP contribution in [0.15, 0.2) is 41.1 Å². The number of nitrogens with one attached hydrogen (secondary N) is 1. The lowest BCUT2D eigenvalue weighted by Gasteiger charge is -2.23. The van der Waals surface area contributed by atoms with E-state index in [0.717, 1.165) is 18.5 Å². The molecule has 1 unspecified atom stereocenters. The monoisotopic (exact) mass is 556 g/mol. The third-order valence-electron chi connectivity index (χ3n) is 6.07. The van der Waals surface area contributed by atoms with Crippen LogP contribution in [0.25, 0.3) is 0 Å². The SMILES string of the molecule is CCS(=O)(=O)C1=CC=C(C(CO)NC(=O)c2nn(C(C)(C)C)c(Oc3cnccc3C(F)(F)F)c2C)CC1. The van der Waals surface area contributed by atoms with Gasteiger partial charge in [-0.1, -0.05) is 13.0 Å². The molecule has 9 nitrogen and oxygen atoms in total. The second kappa shape index (κ2) is 10.9. The van der Waals surface area contributed by atoms with Crippen molar-refractivity contribution in [3.8, 4) is 11.6 Å². The first kappa shape index (κ1) is 29.4. The number of carbonyl (C=O) groups is 1. The van der Waals surface area contributed by atoms with E-state index in [1.54, 1.807) is 33.8 Å². The van der Waals surface area contributed by atoms with Crippen molar-refractivity contribution in [1.82, 2.24) is 20.1 Å². The Kier molecular flexibility index (Phi) is 8.42. The number of hydrogen-bond donors (Lipinski definition) is 2. The molecule has 1 aliphatic carbocycles. The standard InChI is InChI=1S/C25H31F3N4O5S/c1-6-38(35,36)17-9-7-16(8-10-17)19(14-33)30-22(34)21-15(2)23(32(31-21)24(3,4)5)37-20-13-29-12-11-18(20)25(26,27)28/h7,9,11-13,19,33H,6,8,10,14H2,1-5H3,(H,30,34). The quantitative estimate of drug-likeness (QED) is 0.497. The average molecular weight is 557 g/mol. The first-order valence-electron chi connectivity index (χ1n) is 11.9. The maximum absolute atomic E-state index is 13.5. The molecule has 208 valence electrons. The molecule has 0 aliphatic heterocycles. The van der Waals surface area contributed by atoms with Gasteiger partial charge in [-0.15, -0.1) is 0 Å². The van der Waals surface area contributed by atoms with E-state index in [9.17, 15) is 31.5 Å². The average Bonchev–Trinajstić information content (AvgIpc) is 3.18. The van der Waals surface area contributed by atoms with Gasteiger partial charge in [-0.05, 0) is 58.3 Å². The van der Waals surface area contributed by atoms with Crippen LogP contribution in [0.3, 0.4) is 0 Å². The van der Waals surface area contributed by atoms with Crippen LogP contribution in [0, 0.1) is 6.92 Å². The van der Waals surface area contributed by atoms with Crippen molar-refractivity contribution in [3.63, 3.8) is 0 Å². The molecule has 2 aromatic heterocycles. The third-order valence-corrected chi connectivity index (χ3v) is 7.97. The molecule has 0 aromatic carbocycles. The lowest BCUT2D eigenvalue weighted by molar-refractivity contribution is -0.138. The van der Waals surface area contributed by atoms with Crippen molar-refractivity contribution >= 4 is 15.7 Å². The molecule has 2 N–H and O–H groups in total. The molecule has 0 saturated carbocycles. The summed E-state index contributed by atoms with van der Waals surface area (Å²) >= 11 is 0. The van der Waals surface area contributed by atoms with E-state index < -0.39 is 51.4 Å². The Bertz CT molecular complexity index is 1370. The number of allylic oxidation sites excluding steroid dienone is 3. The Morgan fingerprint density at radius 1 is 1.24 bits per heavy atom. The van der Waals surface area contributed by atoms with Crippen LogP contribution in [-0.2, 0) is 21.6 Å². The van der Waals surface area contributed by atoms with E-state index >= 15 is 0 Å². The molecule has 0 spiro atoms. The molecule has 1 aliphatic rings. The summed E-state index contributed by atoms with van der Waals surface area (Å²) in [4.78, 5) is 17.3. The largest absolute Gasteiger partial charge is 0.437 e. The minimum Gasteiger partial charge on any atom is -0.437 e. The molecule has 0 radical (unpaired) electrons. The smallest absolute Gasteiger partial charge is 0.420 e. The molecular formula is C25H31F3N4O5S. The molecule has 0 fully saturated rings. The van der Waals surface area contributed by atoms with Crippen molar-refractivity contribution in [2.24, 2.45) is 0 Å². The lowest BCUT2D eigenvalue weighted by atomic mass is 9.98. The fraction of sp³-hybridized carbons (Fsp3) is 0.480. The van der Waals surface area contributed by atoms with Gasteiger partial charge in [0, 0.05) is 16.7 Å². The van der Waals surface area contributed by atoms with Gasteiger partial charge < -0.3 is 15.2 Å². The predicted molar refractivity (Wildman–Crippen MR) is 134 cm³/mol. The van der Waals surface area contributed by atoms with Crippen LogP contribution in [0.4, 0.5) is 13.2 Å². The number of halogens is 3. The molecule has 1 amide bonds. The Morgan fingerprint density at radius 2 is 1.92 bits per heavy atom. The number of alkyl halides is 3. The van der Waals surface area contributed by atoms with Gasteiger partial charge in [-0.2, -0.15) is 18.3 Å². The highest BCUT2D eigenvalue weighted by Gasteiger charge is 2.36. The molecule has 3 rings (SSSR count). The van der Waals surface area contributed by atoms with Gasteiger partial charge >= 0.3 is 6.18 Å². The number of aromatic nitrogens is 3. The van der Waals surface area contributed by atoms with E-state index in [0.29, 0.717) is 16.9 Å². The van der Waals surface area contributed by atoms with Gasteiger partial charge in [0.1, 0.15) is 5.56 Å². The van der Waals surface area contributed by atoms with Crippen LogP contribution in [0.5, 0.6) is 11.6 Å². The van der Waals surface area contributed by atoms with Crippen molar-refractivity contribution in [1.29, 1.82) is 0 Å². The summed E-state index contributed by atoms with van der Waals surface area (Å²) in [6.45, 7) is 7.86. The number of carbonyl (C=O) groups excluding carboxylic acids is 1. The van der Waals surface area contributed by atoms with Gasteiger partial charge in [0.2, 0.25) is 5.88 Å². The molecule has 13 heteroatoms. The maximum atomic E-state index is 13.5. The zero-order valence-electron chi connectivity index (χ0n) is 21.8. The third kappa shape index (κ3) is 6.26. The second-order valence-corrected chi connectivity index (χ2v) is 12.2. The first-order chi connectivity index (χ1) is 17.6. The lowest BCUT2D eigenvalue weighted by Crippen LogP contribution is -2.40. The van der Waals surface area contributed by atoms with Gasteiger partial charge in [-0.25, -0.2) is 13.1 Å². The zero-order chi connectivity index (χ0) is 28.5. The molecule has 2 heterocycles. The van der Waals surface area contributed by atoms with Gasteiger partial charge in [0.15, 0.2) is 21.3 Å². The van der Waals surface area contributed by atoms with E-state index in [2.05, 4.69) is 15.4 Å². The van der Waals surface area contributed by atoms with Gasteiger partial charge in [-0.3, -0.25) is 9.78 Å². The Morgan fingerprint density at radius 3 is 2.45 bits per heavy atom. The van der Waals surface area contributed by atoms with E-state index in [-0.39, 0.29) is 29.3 Å². The molecule has 0 saturated heterocycles. The molecule has 0 bridgehead atoms. The number of amides is 1. The minimum atomic E-state index is -4.69. The minimum absolute atomic E-state index is 0.0220. The summed E-state index contributed by atoms with van der Waals surface area (Å²) in [5.41, 5.74) is -1.06. The number of hydrogen-bond acceptors (Lipinski definition) is 7.